The number of halogens is 3. The number of hydrogen-bond donors (Lipinski definition) is 1. The zero-order valence-corrected chi connectivity index (χ0v) is 15.7. The summed E-state index contributed by atoms with van der Waals surface area (Å²) in [5, 5.41) is 2.44. The highest BCUT2D eigenvalue weighted by molar-refractivity contribution is 7.92. The van der Waals surface area contributed by atoms with Crippen molar-refractivity contribution in [2.45, 2.75) is 26.1 Å². The topological polar surface area (TPSA) is 66.5 Å². The fourth-order valence-electron chi connectivity index (χ4n) is 2.56. The smallest absolute Gasteiger partial charge is 0.324 e. The fourth-order valence-corrected chi connectivity index (χ4v) is 3.73. The summed E-state index contributed by atoms with van der Waals surface area (Å²) >= 11 is 0. The number of hydrogen-bond acceptors (Lipinski definition) is 3. The highest BCUT2D eigenvalue weighted by atomic mass is 32.2. The van der Waals surface area contributed by atoms with E-state index in [-0.39, 0.29) is 5.69 Å². The van der Waals surface area contributed by atoms with Crippen LogP contribution in [-0.4, -0.2) is 26.6 Å². The Balaban J connectivity index is 2.25. The molecule has 1 N–H and O–H groups in total. The van der Waals surface area contributed by atoms with E-state index in [1.807, 2.05) is 0 Å². The number of rotatable bonds is 5. The number of carbonyl (C=O) groups excluding carboxylic acids is 1. The third kappa shape index (κ3) is 5.22. The number of amides is 1. The summed E-state index contributed by atoms with van der Waals surface area (Å²) in [6.45, 7) is 3.19. The largest absolute Gasteiger partial charge is 0.416 e. The molecular formula is C18H19F3N2O3S. The summed E-state index contributed by atoms with van der Waals surface area (Å²) < 4.78 is 63.2. The summed E-state index contributed by atoms with van der Waals surface area (Å²) in [6, 6.07) is 9.46. The summed E-state index contributed by atoms with van der Waals surface area (Å²) in [6.07, 6.45) is -3.49. The monoisotopic (exact) mass is 400 g/mol. The lowest BCUT2D eigenvalue weighted by Crippen LogP contribution is -2.45. The van der Waals surface area contributed by atoms with Crippen molar-refractivity contribution in [2.24, 2.45) is 0 Å². The molecule has 0 unspecified atom stereocenters. The van der Waals surface area contributed by atoms with Crippen LogP contribution < -0.4 is 9.62 Å². The van der Waals surface area contributed by atoms with Gasteiger partial charge in [0.2, 0.25) is 15.9 Å². The molecule has 9 heteroatoms. The first-order chi connectivity index (χ1) is 12.4. The lowest BCUT2D eigenvalue weighted by atomic mass is 10.2. The highest BCUT2D eigenvalue weighted by Gasteiger charge is 2.31. The fraction of sp³-hybridized carbons (Fsp3) is 0.278. The van der Waals surface area contributed by atoms with E-state index in [0.717, 1.165) is 40.4 Å². The number of nitrogens with one attached hydrogen (secondary N) is 1. The maximum absolute atomic E-state index is 12.6. The number of benzene rings is 2. The first kappa shape index (κ1) is 20.8. The van der Waals surface area contributed by atoms with Gasteiger partial charge in [-0.15, -0.1) is 0 Å². The van der Waals surface area contributed by atoms with Gasteiger partial charge in [-0.25, -0.2) is 8.42 Å². The van der Waals surface area contributed by atoms with E-state index >= 15 is 0 Å². The highest BCUT2D eigenvalue weighted by Crippen LogP contribution is 2.30. The average molecular weight is 400 g/mol. The van der Waals surface area contributed by atoms with E-state index in [4.69, 9.17) is 0 Å². The Kier molecular flexibility index (Phi) is 5.84. The Morgan fingerprint density at radius 2 is 1.70 bits per heavy atom. The second kappa shape index (κ2) is 7.59. The predicted octanol–water partition coefficient (Wildman–Crippen LogP) is 3.81. The Bertz CT molecular complexity index is 926. The van der Waals surface area contributed by atoms with Gasteiger partial charge in [-0.3, -0.25) is 9.10 Å². The molecule has 0 radical (unpaired) electrons. The number of nitrogens with zero attached hydrogens (tertiary/aromatic N) is 1. The predicted molar refractivity (Wildman–Crippen MR) is 98.0 cm³/mol. The SMILES string of the molecule is Cc1cccc(N([C@@H](C)C(=O)Nc2ccc(C(F)(F)F)cc2)S(C)(=O)=O)c1. The minimum atomic E-state index is -4.48. The molecule has 0 fully saturated rings. The molecular weight excluding hydrogens is 381 g/mol. The summed E-state index contributed by atoms with van der Waals surface area (Å²) in [4.78, 5) is 12.5. The molecule has 0 aromatic heterocycles. The molecule has 0 heterocycles. The van der Waals surface area contributed by atoms with Crippen LogP contribution in [0.3, 0.4) is 0 Å². The molecule has 0 aliphatic heterocycles. The first-order valence-corrected chi connectivity index (χ1v) is 9.78. The van der Waals surface area contributed by atoms with Gasteiger partial charge in [0.05, 0.1) is 17.5 Å². The molecule has 1 amide bonds. The minimum Gasteiger partial charge on any atom is -0.324 e. The molecule has 27 heavy (non-hydrogen) atoms. The molecule has 2 aromatic carbocycles. The van der Waals surface area contributed by atoms with Crippen LogP contribution in [0.25, 0.3) is 0 Å². The Morgan fingerprint density at radius 1 is 1.11 bits per heavy atom. The van der Waals surface area contributed by atoms with Gasteiger partial charge in [-0.05, 0) is 55.8 Å². The van der Waals surface area contributed by atoms with Gasteiger partial charge in [0.1, 0.15) is 6.04 Å². The van der Waals surface area contributed by atoms with Crippen molar-refractivity contribution in [1.82, 2.24) is 0 Å². The van der Waals surface area contributed by atoms with Crippen molar-refractivity contribution in [3.05, 3.63) is 59.7 Å². The van der Waals surface area contributed by atoms with E-state index in [1.165, 1.54) is 6.92 Å². The van der Waals surface area contributed by atoms with Crippen molar-refractivity contribution in [3.8, 4) is 0 Å². The van der Waals surface area contributed by atoms with E-state index in [9.17, 15) is 26.4 Å². The minimum absolute atomic E-state index is 0.137. The first-order valence-electron chi connectivity index (χ1n) is 7.94. The molecule has 2 rings (SSSR count). The molecule has 0 aliphatic rings. The maximum Gasteiger partial charge on any atom is 0.416 e. The molecule has 0 aliphatic carbocycles. The third-order valence-corrected chi connectivity index (χ3v) is 5.07. The third-order valence-electron chi connectivity index (χ3n) is 3.82. The number of aryl methyl sites for hydroxylation is 1. The van der Waals surface area contributed by atoms with Gasteiger partial charge in [0.25, 0.3) is 0 Å². The van der Waals surface area contributed by atoms with E-state index in [1.54, 1.807) is 31.2 Å². The summed E-state index contributed by atoms with van der Waals surface area (Å²) in [5.41, 5.74) is 0.438. The van der Waals surface area contributed by atoms with E-state index in [0.29, 0.717) is 5.69 Å². The van der Waals surface area contributed by atoms with Crippen LogP contribution in [0.5, 0.6) is 0 Å². The lowest BCUT2D eigenvalue weighted by Gasteiger charge is -2.28. The normalized spacial score (nSPS) is 13.1. The van der Waals surface area contributed by atoms with Gasteiger partial charge in [0, 0.05) is 5.69 Å². The van der Waals surface area contributed by atoms with Crippen molar-refractivity contribution in [3.63, 3.8) is 0 Å². The van der Waals surface area contributed by atoms with Gasteiger partial charge >= 0.3 is 6.18 Å². The molecule has 0 saturated carbocycles. The number of anilines is 2. The molecule has 0 bridgehead atoms. The second-order valence-electron chi connectivity index (χ2n) is 6.14. The molecule has 2 aromatic rings. The van der Waals surface area contributed by atoms with Crippen molar-refractivity contribution in [1.29, 1.82) is 0 Å². The Morgan fingerprint density at radius 3 is 2.19 bits per heavy atom. The standard InChI is InChI=1S/C18H19F3N2O3S/c1-12-5-4-6-16(11-12)23(27(3,25)26)13(2)17(24)22-15-9-7-14(8-10-15)18(19,20)21/h4-11,13H,1-3H3,(H,22,24)/t13-/m0/s1. The molecule has 1 atom stereocenters. The summed E-state index contributed by atoms with van der Waals surface area (Å²) in [7, 11) is -3.77. The summed E-state index contributed by atoms with van der Waals surface area (Å²) in [5.74, 6) is -0.665. The van der Waals surface area contributed by atoms with Crippen LogP contribution in [0.1, 0.15) is 18.1 Å². The Hall–Kier alpha value is -2.55. The van der Waals surface area contributed by atoms with E-state index in [2.05, 4.69) is 5.32 Å². The van der Waals surface area contributed by atoms with Crippen LogP contribution >= 0.6 is 0 Å². The zero-order chi connectivity index (χ0) is 20.4. The number of carbonyl (C=O) groups is 1. The maximum atomic E-state index is 12.6. The van der Waals surface area contributed by atoms with Crippen molar-refractivity contribution in [2.75, 3.05) is 15.9 Å². The van der Waals surface area contributed by atoms with Gasteiger partial charge in [-0.1, -0.05) is 12.1 Å². The number of sulfonamides is 1. The molecule has 0 saturated heterocycles. The van der Waals surface area contributed by atoms with Crippen LogP contribution in [0.15, 0.2) is 48.5 Å². The lowest BCUT2D eigenvalue weighted by molar-refractivity contribution is -0.137. The van der Waals surface area contributed by atoms with Crippen LogP contribution in [0.2, 0.25) is 0 Å². The zero-order valence-electron chi connectivity index (χ0n) is 14.9. The van der Waals surface area contributed by atoms with Gasteiger partial charge in [-0.2, -0.15) is 13.2 Å². The van der Waals surface area contributed by atoms with Crippen molar-refractivity contribution >= 4 is 27.3 Å². The molecule has 146 valence electrons. The van der Waals surface area contributed by atoms with Gasteiger partial charge in [0.15, 0.2) is 0 Å². The Labute approximate surface area is 155 Å². The van der Waals surface area contributed by atoms with E-state index < -0.39 is 33.7 Å². The molecule has 0 spiro atoms. The van der Waals surface area contributed by atoms with Gasteiger partial charge < -0.3 is 5.32 Å². The second-order valence-corrected chi connectivity index (χ2v) is 8.00. The van der Waals surface area contributed by atoms with Crippen LogP contribution in [-0.2, 0) is 21.0 Å². The molecule has 5 nitrogen and oxygen atoms in total. The number of alkyl halides is 3. The quantitative estimate of drug-likeness (QED) is 0.830. The van der Waals surface area contributed by atoms with Crippen LogP contribution in [0, 0.1) is 6.92 Å². The van der Waals surface area contributed by atoms with Crippen LogP contribution in [0.4, 0.5) is 24.5 Å². The van der Waals surface area contributed by atoms with Crippen molar-refractivity contribution < 1.29 is 26.4 Å². The average Bonchev–Trinajstić information content (AvgIpc) is 2.53.